The van der Waals surface area contributed by atoms with Crippen LogP contribution in [0.5, 0.6) is 0 Å². The Hall–Kier alpha value is -1.27. The summed E-state index contributed by atoms with van der Waals surface area (Å²) < 4.78 is 35.3. The van der Waals surface area contributed by atoms with Gasteiger partial charge < -0.3 is 10.4 Å². The molecular formula is C9H14F3NO3. The molecule has 0 saturated carbocycles. The minimum Gasteiger partial charge on any atom is -0.481 e. The number of carboxylic acids is 1. The molecule has 0 heterocycles. The highest BCUT2D eigenvalue weighted by atomic mass is 19.4. The van der Waals surface area contributed by atoms with Gasteiger partial charge in [-0.15, -0.1) is 0 Å². The summed E-state index contributed by atoms with van der Waals surface area (Å²) in [4.78, 5) is 21.4. The Balaban J connectivity index is 4.12. The lowest BCUT2D eigenvalue weighted by atomic mass is 9.96. The van der Waals surface area contributed by atoms with Crippen molar-refractivity contribution >= 4 is 11.9 Å². The third kappa shape index (κ3) is 6.26. The van der Waals surface area contributed by atoms with Crippen LogP contribution in [0.2, 0.25) is 0 Å². The molecule has 0 fully saturated rings. The fourth-order valence-electron chi connectivity index (χ4n) is 1.08. The first-order valence-corrected chi connectivity index (χ1v) is 4.69. The van der Waals surface area contributed by atoms with E-state index in [-0.39, 0.29) is 12.5 Å². The highest BCUT2D eigenvalue weighted by molar-refractivity contribution is 5.77. The lowest BCUT2D eigenvalue weighted by Crippen LogP contribution is -2.37. The molecule has 0 aliphatic heterocycles. The predicted octanol–water partition coefficient (Wildman–Crippen LogP) is 1.41. The minimum absolute atomic E-state index is 0.260. The molecule has 1 unspecified atom stereocenters. The van der Waals surface area contributed by atoms with Gasteiger partial charge >= 0.3 is 12.1 Å². The molecule has 4 nitrogen and oxygen atoms in total. The van der Waals surface area contributed by atoms with Gasteiger partial charge in [-0.3, -0.25) is 9.59 Å². The average Bonchev–Trinajstić information content (AvgIpc) is 1.98. The molecule has 0 spiro atoms. The van der Waals surface area contributed by atoms with E-state index in [1.165, 1.54) is 0 Å². The van der Waals surface area contributed by atoms with Gasteiger partial charge in [0.2, 0.25) is 5.91 Å². The van der Waals surface area contributed by atoms with E-state index in [2.05, 4.69) is 0 Å². The lowest BCUT2D eigenvalue weighted by Gasteiger charge is -2.16. The normalized spacial score (nSPS) is 13.6. The van der Waals surface area contributed by atoms with Gasteiger partial charge in [-0.1, -0.05) is 13.8 Å². The van der Waals surface area contributed by atoms with Crippen LogP contribution in [0.4, 0.5) is 13.2 Å². The van der Waals surface area contributed by atoms with Gasteiger partial charge in [0.25, 0.3) is 0 Å². The zero-order valence-electron chi connectivity index (χ0n) is 8.97. The Morgan fingerprint density at radius 2 is 1.81 bits per heavy atom. The zero-order chi connectivity index (χ0) is 12.9. The van der Waals surface area contributed by atoms with E-state index in [4.69, 9.17) is 5.11 Å². The molecule has 0 aromatic heterocycles. The number of halogens is 3. The topological polar surface area (TPSA) is 66.4 Å². The molecule has 0 radical (unpaired) electrons. The van der Waals surface area contributed by atoms with Crippen molar-refractivity contribution in [2.24, 2.45) is 11.8 Å². The van der Waals surface area contributed by atoms with Crippen LogP contribution in [0, 0.1) is 11.8 Å². The number of carboxylic acid groups (broad SMARTS) is 1. The van der Waals surface area contributed by atoms with Crippen LogP contribution in [-0.4, -0.2) is 29.7 Å². The monoisotopic (exact) mass is 241 g/mol. The fourth-order valence-corrected chi connectivity index (χ4v) is 1.08. The molecule has 0 aliphatic rings. The van der Waals surface area contributed by atoms with Crippen molar-refractivity contribution in [3.05, 3.63) is 0 Å². The maximum atomic E-state index is 11.8. The number of carbonyl (C=O) groups excluding carboxylic acids is 1. The maximum Gasteiger partial charge on any atom is 0.397 e. The molecule has 1 amide bonds. The zero-order valence-corrected chi connectivity index (χ0v) is 8.97. The van der Waals surface area contributed by atoms with E-state index < -0.39 is 30.4 Å². The van der Waals surface area contributed by atoms with Crippen molar-refractivity contribution < 1.29 is 27.9 Å². The van der Waals surface area contributed by atoms with Gasteiger partial charge in [-0.05, 0) is 5.92 Å². The summed E-state index contributed by atoms with van der Waals surface area (Å²) in [5.74, 6) is -3.48. The molecular weight excluding hydrogens is 227 g/mol. The molecule has 0 rings (SSSR count). The second-order valence-corrected chi connectivity index (χ2v) is 3.78. The summed E-state index contributed by atoms with van der Waals surface area (Å²) in [6.07, 6.45) is -6.15. The predicted molar refractivity (Wildman–Crippen MR) is 49.6 cm³/mol. The lowest BCUT2D eigenvalue weighted by molar-refractivity contribution is -0.154. The first-order chi connectivity index (χ1) is 7.13. The minimum atomic E-state index is -4.57. The van der Waals surface area contributed by atoms with Crippen molar-refractivity contribution in [3.8, 4) is 0 Å². The van der Waals surface area contributed by atoms with E-state index in [9.17, 15) is 22.8 Å². The third-order valence-electron chi connectivity index (χ3n) is 2.00. The molecule has 94 valence electrons. The van der Waals surface area contributed by atoms with Crippen LogP contribution >= 0.6 is 0 Å². The van der Waals surface area contributed by atoms with Crippen molar-refractivity contribution in [2.45, 2.75) is 26.4 Å². The van der Waals surface area contributed by atoms with Gasteiger partial charge in [0.1, 0.15) is 6.42 Å². The Labute approximate surface area is 90.8 Å². The number of hydrogen-bond donors (Lipinski definition) is 2. The second kappa shape index (κ2) is 5.72. The van der Waals surface area contributed by atoms with Crippen LogP contribution in [0.1, 0.15) is 20.3 Å². The van der Waals surface area contributed by atoms with Crippen LogP contribution in [0.3, 0.4) is 0 Å². The van der Waals surface area contributed by atoms with Gasteiger partial charge in [0.05, 0.1) is 5.92 Å². The Kier molecular flexibility index (Phi) is 5.26. The number of hydrogen-bond acceptors (Lipinski definition) is 2. The number of alkyl halides is 3. The van der Waals surface area contributed by atoms with Crippen molar-refractivity contribution in [3.63, 3.8) is 0 Å². The first-order valence-electron chi connectivity index (χ1n) is 4.69. The highest BCUT2D eigenvalue weighted by Crippen LogP contribution is 2.19. The Morgan fingerprint density at radius 1 is 1.31 bits per heavy atom. The molecule has 0 aromatic carbocycles. The van der Waals surface area contributed by atoms with Crippen LogP contribution in [0.15, 0.2) is 0 Å². The number of aliphatic carboxylic acids is 1. The Morgan fingerprint density at radius 3 is 2.12 bits per heavy atom. The highest BCUT2D eigenvalue weighted by Gasteiger charge is 2.31. The summed E-state index contributed by atoms with van der Waals surface area (Å²) in [6, 6.07) is 0. The summed E-state index contributed by atoms with van der Waals surface area (Å²) in [7, 11) is 0. The quantitative estimate of drug-likeness (QED) is 0.764. The number of amides is 1. The molecule has 0 aromatic rings. The van der Waals surface area contributed by atoms with E-state index in [1.807, 2.05) is 5.32 Å². The van der Waals surface area contributed by atoms with E-state index in [0.717, 1.165) is 0 Å². The van der Waals surface area contributed by atoms with E-state index in [0.29, 0.717) is 0 Å². The number of carbonyl (C=O) groups is 2. The molecule has 7 heteroatoms. The summed E-state index contributed by atoms with van der Waals surface area (Å²) in [5, 5.41) is 10.7. The molecule has 16 heavy (non-hydrogen) atoms. The number of rotatable bonds is 5. The molecule has 1 atom stereocenters. The van der Waals surface area contributed by atoms with Crippen molar-refractivity contribution in [1.82, 2.24) is 5.32 Å². The molecule has 0 saturated heterocycles. The SMILES string of the molecule is CC(C)C(CNC(=O)CC(F)(F)F)C(=O)O. The van der Waals surface area contributed by atoms with Crippen molar-refractivity contribution in [1.29, 1.82) is 0 Å². The summed E-state index contributed by atoms with van der Waals surface area (Å²) in [5.41, 5.74) is 0. The average molecular weight is 241 g/mol. The Bertz CT molecular complexity index is 263. The molecule has 0 bridgehead atoms. The fraction of sp³-hybridized carbons (Fsp3) is 0.778. The largest absolute Gasteiger partial charge is 0.481 e. The second-order valence-electron chi connectivity index (χ2n) is 3.78. The van der Waals surface area contributed by atoms with Crippen LogP contribution < -0.4 is 5.32 Å². The molecule has 2 N–H and O–H groups in total. The van der Waals surface area contributed by atoms with Crippen LogP contribution in [-0.2, 0) is 9.59 Å². The smallest absolute Gasteiger partial charge is 0.397 e. The molecule has 0 aliphatic carbocycles. The van der Waals surface area contributed by atoms with Crippen molar-refractivity contribution in [2.75, 3.05) is 6.54 Å². The van der Waals surface area contributed by atoms with Crippen LogP contribution in [0.25, 0.3) is 0 Å². The van der Waals surface area contributed by atoms with Gasteiger partial charge in [-0.2, -0.15) is 13.2 Å². The summed E-state index contributed by atoms with van der Waals surface area (Å²) in [6.45, 7) is 2.95. The van der Waals surface area contributed by atoms with Gasteiger partial charge in [0, 0.05) is 6.54 Å². The maximum absolute atomic E-state index is 11.8. The number of nitrogens with one attached hydrogen (secondary N) is 1. The van der Waals surface area contributed by atoms with Gasteiger partial charge in [-0.25, -0.2) is 0 Å². The summed E-state index contributed by atoms with van der Waals surface area (Å²) >= 11 is 0. The van der Waals surface area contributed by atoms with Gasteiger partial charge in [0.15, 0.2) is 0 Å². The van der Waals surface area contributed by atoms with E-state index >= 15 is 0 Å². The first kappa shape index (κ1) is 14.7. The third-order valence-corrected chi connectivity index (χ3v) is 2.00. The van der Waals surface area contributed by atoms with E-state index in [1.54, 1.807) is 13.8 Å². The standard InChI is InChI=1S/C9H14F3NO3/c1-5(2)6(8(15)16)4-13-7(14)3-9(10,11)12/h5-6H,3-4H2,1-2H3,(H,13,14)(H,15,16).